The molecule has 0 aliphatic carbocycles. The highest BCUT2D eigenvalue weighted by molar-refractivity contribution is 5.96. The minimum Gasteiger partial charge on any atom is -0.323 e. The van der Waals surface area contributed by atoms with Gasteiger partial charge in [-0.2, -0.15) is 0 Å². The van der Waals surface area contributed by atoms with Crippen LogP contribution in [0.25, 0.3) is 11.0 Å². The van der Waals surface area contributed by atoms with Crippen LogP contribution in [-0.2, 0) is 17.8 Å². The van der Waals surface area contributed by atoms with E-state index in [0.717, 1.165) is 35.5 Å². The molecule has 2 heterocycles. The average molecular weight is 438 g/mol. The van der Waals surface area contributed by atoms with Crippen LogP contribution in [0.15, 0.2) is 72.8 Å². The van der Waals surface area contributed by atoms with Crippen LogP contribution < -0.4 is 4.90 Å². The number of hydrogen-bond acceptors (Lipinski definition) is 2. The maximum absolute atomic E-state index is 13.0. The van der Waals surface area contributed by atoms with Gasteiger partial charge >= 0.3 is 0 Å². The lowest BCUT2D eigenvalue weighted by Gasteiger charge is -2.18. The molecule has 168 valence electrons. The molecule has 0 radical (unpaired) electrons. The average Bonchev–Trinajstić information content (AvgIpc) is 3.39. The van der Waals surface area contributed by atoms with Crippen molar-refractivity contribution in [1.29, 1.82) is 0 Å². The normalized spacial score (nSPS) is 16.1. The summed E-state index contributed by atoms with van der Waals surface area (Å²) in [4.78, 5) is 20.0. The van der Waals surface area contributed by atoms with Gasteiger partial charge in [-0.25, -0.2) is 4.98 Å². The van der Waals surface area contributed by atoms with Crippen LogP contribution in [0.1, 0.15) is 54.6 Å². The van der Waals surface area contributed by atoms with E-state index < -0.39 is 0 Å². The Morgan fingerprint density at radius 2 is 1.79 bits per heavy atom. The molecule has 4 nitrogen and oxygen atoms in total. The van der Waals surface area contributed by atoms with Gasteiger partial charge in [0, 0.05) is 31.1 Å². The van der Waals surface area contributed by atoms with Crippen LogP contribution in [0.2, 0.25) is 0 Å². The van der Waals surface area contributed by atoms with Crippen molar-refractivity contribution in [3.63, 3.8) is 0 Å². The summed E-state index contributed by atoms with van der Waals surface area (Å²) in [6.07, 6.45) is 3.98. The van der Waals surface area contributed by atoms with Crippen molar-refractivity contribution >= 4 is 22.6 Å². The Balaban J connectivity index is 1.44. The Bertz CT molecular complexity index is 1270. The predicted octanol–water partition coefficient (Wildman–Crippen LogP) is 6.26. The fraction of sp³-hybridized carbons (Fsp3) is 0.310. The first-order valence-corrected chi connectivity index (χ1v) is 12.0. The molecular weight excluding hydrogens is 406 g/mol. The van der Waals surface area contributed by atoms with Gasteiger partial charge in [-0.1, -0.05) is 67.4 Å². The van der Waals surface area contributed by atoms with Gasteiger partial charge in [0.25, 0.3) is 0 Å². The van der Waals surface area contributed by atoms with Gasteiger partial charge in [-0.05, 0) is 55.2 Å². The van der Waals surface area contributed by atoms with Crippen LogP contribution in [0, 0.1) is 6.92 Å². The van der Waals surface area contributed by atoms with Crippen molar-refractivity contribution in [3.05, 3.63) is 95.3 Å². The summed E-state index contributed by atoms with van der Waals surface area (Å²) in [6, 6.07) is 25.4. The van der Waals surface area contributed by atoms with Gasteiger partial charge in [0.1, 0.15) is 5.82 Å². The summed E-state index contributed by atoms with van der Waals surface area (Å²) in [5.41, 5.74) is 6.95. The molecule has 1 unspecified atom stereocenters. The van der Waals surface area contributed by atoms with E-state index in [9.17, 15) is 4.79 Å². The Labute approximate surface area is 195 Å². The van der Waals surface area contributed by atoms with E-state index in [2.05, 4.69) is 85.1 Å². The number of para-hydroxylation sites is 2. The molecule has 5 rings (SSSR count). The predicted molar refractivity (Wildman–Crippen MR) is 135 cm³/mol. The van der Waals surface area contributed by atoms with Crippen LogP contribution in [0.5, 0.6) is 0 Å². The zero-order valence-corrected chi connectivity index (χ0v) is 19.5. The van der Waals surface area contributed by atoms with Crippen molar-refractivity contribution in [2.45, 2.75) is 52.0 Å². The summed E-state index contributed by atoms with van der Waals surface area (Å²) in [5.74, 6) is 1.26. The van der Waals surface area contributed by atoms with Gasteiger partial charge in [-0.15, -0.1) is 0 Å². The summed E-state index contributed by atoms with van der Waals surface area (Å²) in [5, 5.41) is 0. The molecule has 33 heavy (non-hydrogen) atoms. The second-order valence-corrected chi connectivity index (χ2v) is 9.21. The Kier molecular flexibility index (Phi) is 5.99. The summed E-state index contributed by atoms with van der Waals surface area (Å²) in [7, 11) is 0. The summed E-state index contributed by atoms with van der Waals surface area (Å²) in [6.45, 7) is 5.76. The van der Waals surface area contributed by atoms with Crippen molar-refractivity contribution in [2.24, 2.45) is 0 Å². The van der Waals surface area contributed by atoms with Gasteiger partial charge in [0.05, 0.1) is 11.0 Å². The zero-order valence-electron chi connectivity index (χ0n) is 19.5. The molecule has 1 saturated heterocycles. The number of fused-ring (bicyclic) bond motifs is 1. The fourth-order valence-electron chi connectivity index (χ4n) is 4.92. The second kappa shape index (κ2) is 9.22. The molecule has 3 aromatic carbocycles. The highest BCUT2D eigenvalue weighted by Crippen LogP contribution is 2.34. The van der Waals surface area contributed by atoms with Gasteiger partial charge in [-0.3, -0.25) is 4.79 Å². The number of imidazole rings is 1. The van der Waals surface area contributed by atoms with Gasteiger partial charge < -0.3 is 9.47 Å². The Hall–Kier alpha value is -3.40. The number of rotatable bonds is 7. The Morgan fingerprint density at radius 3 is 2.58 bits per heavy atom. The third kappa shape index (κ3) is 4.43. The molecule has 0 spiro atoms. The van der Waals surface area contributed by atoms with Crippen LogP contribution in [0.3, 0.4) is 0 Å². The van der Waals surface area contributed by atoms with Crippen LogP contribution >= 0.6 is 0 Å². The summed E-state index contributed by atoms with van der Waals surface area (Å²) >= 11 is 0. The minimum atomic E-state index is 0.0782. The van der Waals surface area contributed by atoms with Crippen LogP contribution in [-0.4, -0.2) is 22.0 Å². The van der Waals surface area contributed by atoms with Crippen molar-refractivity contribution in [3.8, 4) is 0 Å². The molecule has 4 heteroatoms. The topological polar surface area (TPSA) is 38.1 Å². The van der Waals surface area contributed by atoms with Gasteiger partial charge in [0.2, 0.25) is 5.91 Å². The number of hydrogen-bond donors (Lipinski definition) is 0. The SMILES string of the molecule is CCCCc1ccc(N2CC(c3nc4ccccc4n3Cc3cccc(C)c3)CC2=O)cc1. The number of aryl methyl sites for hydroxylation is 2. The van der Waals surface area contributed by atoms with Crippen molar-refractivity contribution in [2.75, 3.05) is 11.4 Å². The van der Waals surface area contributed by atoms with E-state index in [1.165, 1.54) is 29.5 Å². The monoisotopic (exact) mass is 437 g/mol. The maximum Gasteiger partial charge on any atom is 0.227 e. The number of benzene rings is 3. The number of anilines is 1. The molecule has 1 aliphatic rings. The number of nitrogens with zero attached hydrogens (tertiary/aromatic N) is 3. The lowest BCUT2D eigenvalue weighted by Crippen LogP contribution is -2.24. The lowest BCUT2D eigenvalue weighted by atomic mass is 10.1. The third-order valence-corrected chi connectivity index (χ3v) is 6.66. The van der Waals surface area contributed by atoms with E-state index in [1.54, 1.807) is 0 Å². The van der Waals surface area contributed by atoms with Crippen molar-refractivity contribution in [1.82, 2.24) is 9.55 Å². The molecule has 1 aromatic heterocycles. The first-order chi connectivity index (χ1) is 16.1. The van der Waals surface area contributed by atoms with E-state index in [-0.39, 0.29) is 11.8 Å². The first kappa shape index (κ1) is 21.4. The molecule has 0 saturated carbocycles. The van der Waals surface area contributed by atoms with Gasteiger partial charge in [0.15, 0.2) is 0 Å². The lowest BCUT2D eigenvalue weighted by molar-refractivity contribution is -0.117. The number of amides is 1. The first-order valence-electron chi connectivity index (χ1n) is 12.0. The van der Waals surface area contributed by atoms with Crippen molar-refractivity contribution < 1.29 is 4.79 Å². The molecule has 1 fully saturated rings. The molecule has 0 N–H and O–H groups in total. The fourth-order valence-corrected chi connectivity index (χ4v) is 4.92. The van der Waals surface area contributed by atoms with E-state index >= 15 is 0 Å². The van der Waals surface area contributed by atoms with Crippen LogP contribution in [0.4, 0.5) is 5.69 Å². The second-order valence-electron chi connectivity index (χ2n) is 9.21. The standard InChI is InChI=1S/C29H31N3O/c1-3-4-9-22-13-15-25(16-14-22)31-20-24(18-28(31)33)29-30-26-11-5-6-12-27(26)32(29)19-23-10-7-8-21(2)17-23/h5-8,10-17,24H,3-4,9,18-20H2,1-2H3. The molecule has 4 aromatic rings. The molecular formula is C29H31N3O. The number of unbranched alkanes of at least 4 members (excludes halogenated alkanes) is 1. The quantitative estimate of drug-likeness (QED) is 0.342. The third-order valence-electron chi connectivity index (χ3n) is 6.66. The minimum absolute atomic E-state index is 0.0782. The zero-order chi connectivity index (χ0) is 22.8. The highest BCUT2D eigenvalue weighted by Gasteiger charge is 2.34. The molecule has 1 aliphatic heterocycles. The molecule has 1 amide bonds. The number of aromatic nitrogens is 2. The van der Waals surface area contributed by atoms with E-state index in [0.29, 0.717) is 13.0 Å². The molecule has 0 bridgehead atoms. The van der Waals surface area contributed by atoms with E-state index in [4.69, 9.17) is 4.98 Å². The smallest absolute Gasteiger partial charge is 0.227 e. The number of carbonyl (C=O) groups is 1. The maximum atomic E-state index is 13.0. The summed E-state index contributed by atoms with van der Waals surface area (Å²) < 4.78 is 2.30. The number of carbonyl (C=O) groups excluding carboxylic acids is 1. The Morgan fingerprint density at radius 1 is 0.970 bits per heavy atom. The van der Waals surface area contributed by atoms with E-state index in [1.807, 2.05) is 11.0 Å². The molecule has 1 atom stereocenters. The largest absolute Gasteiger partial charge is 0.323 e. The highest BCUT2D eigenvalue weighted by atomic mass is 16.2.